The van der Waals surface area contributed by atoms with Gasteiger partial charge in [-0.2, -0.15) is 0 Å². The molecule has 2 aliphatic heterocycles. The van der Waals surface area contributed by atoms with E-state index in [1.807, 2.05) is 0 Å². The van der Waals surface area contributed by atoms with E-state index in [0.717, 1.165) is 39.0 Å². The summed E-state index contributed by atoms with van der Waals surface area (Å²) in [6, 6.07) is 10.9. The highest BCUT2D eigenvalue weighted by Gasteiger charge is 2.44. The summed E-state index contributed by atoms with van der Waals surface area (Å²) >= 11 is 0. The van der Waals surface area contributed by atoms with Crippen molar-refractivity contribution in [2.45, 2.75) is 50.7 Å². The monoisotopic (exact) mass is 363 g/mol. The molecular formula is C20H30ClN3O. The number of halogens is 1. The van der Waals surface area contributed by atoms with Crippen LogP contribution in [0.4, 0.5) is 0 Å². The van der Waals surface area contributed by atoms with Crippen molar-refractivity contribution < 1.29 is 4.79 Å². The third-order valence-corrected chi connectivity index (χ3v) is 6.35. The molecule has 4 unspecified atom stereocenters. The molecule has 2 saturated heterocycles. The van der Waals surface area contributed by atoms with E-state index in [9.17, 15) is 4.79 Å². The molecular weight excluding hydrogens is 334 g/mol. The van der Waals surface area contributed by atoms with Crippen LogP contribution in [0.25, 0.3) is 0 Å². The summed E-state index contributed by atoms with van der Waals surface area (Å²) < 4.78 is 0. The Morgan fingerprint density at radius 1 is 1.08 bits per heavy atom. The summed E-state index contributed by atoms with van der Waals surface area (Å²) in [6.45, 7) is 3.75. The average Bonchev–Trinajstić information content (AvgIpc) is 3.18. The zero-order chi connectivity index (χ0) is 16.5. The number of likely N-dealkylation sites (tertiary alicyclic amines) is 2. The maximum absolute atomic E-state index is 13.2. The highest BCUT2D eigenvalue weighted by atomic mass is 35.5. The molecule has 4 rings (SSSR count). The smallest absolute Gasteiger partial charge is 0.239 e. The van der Waals surface area contributed by atoms with Crippen LogP contribution in [0.15, 0.2) is 30.3 Å². The number of hydrogen-bond acceptors (Lipinski definition) is 3. The van der Waals surface area contributed by atoms with Crippen LogP contribution in [-0.2, 0) is 11.3 Å². The second-order valence-electron chi connectivity index (χ2n) is 7.88. The number of carbonyl (C=O) groups excluding carboxylic acids is 1. The van der Waals surface area contributed by atoms with Crippen molar-refractivity contribution in [2.75, 3.05) is 19.6 Å². The summed E-state index contributed by atoms with van der Waals surface area (Å²) in [5.41, 5.74) is 7.55. The van der Waals surface area contributed by atoms with Gasteiger partial charge in [0.15, 0.2) is 0 Å². The number of nitrogens with two attached hydrogens (primary N) is 1. The zero-order valence-electron chi connectivity index (χ0n) is 14.8. The lowest BCUT2D eigenvalue weighted by molar-refractivity contribution is -0.137. The first-order valence-corrected chi connectivity index (χ1v) is 9.54. The van der Waals surface area contributed by atoms with Gasteiger partial charge in [-0.25, -0.2) is 0 Å². The van der Waals surface area contributed by atoms with E-state index in [1.165, 1.54) is 24.8 Å². The van der Waals surface area contributed by atoms with Crippen molar-refractivity contribution in [1.29, 1.82) is 0 Å². The van der Waals surface area contributed by atoms with Crippen LogP contribution in [0.5, 0.6) is 0 Å². The highest BCUT2D eigenvalue weighted by Crippen LogP contribution is 2.38. The molecule has 4 atom stereocenters. The van der Waals surface area contributed by atoms with Crippen LogP contribution < -0.4 is 5.73 Å². The maximum atomic E-state index is 13.2. The standard InChI is InChI=1S/C20H29N3O.ClH/c21-18-10-9-16-13-23(14-17(16)18)20(24)19-8-4-5-11-22(19)12-15-6-2-1-3-7-15;/h1-3,6-7,16-19H,4-5,8-14,21H2;1H. The molecule has 25 heavy (non-hydrogen) atoms. The molecule has 1 aromatic rings. The molecule has 2 heterocycles. The van der Waals surface area contributed by atoms with E-state index in [-0.39, 0.29) is 18.4 Å². The van der Waals surface area contributed by atoms with Gasteiger partial charge in [0.2, 0.25) is 5.91 Å². The highest BCUT2D eigenvalue weighted by molar-refractivity contribution is 5.85. The largest absolute Gasteiger partial charge is 0.341 e. The molecule has 3 fully saturated rings. The number of benzene rings is 1. The summed E-state index contributed by atoms with van der Waals surface area (Å²) in [5.74, 6) is 1.54. The molecule has 0 radical (unpaired) electrons. The van der Waals surface area contributed by atoms with Crippen LogP contribution in [0.1, 0.15) is 37.7 Å². The number of rotatable bonds is 3. The molecule has 0 spiro atoms. The maximum Gasteiger partial charge on any atom is 0.239 e. The minimum Gasteiger partial charge on any atom is -0.341 e. The van der Waals surface area contributed by atoms with Crippen LogP contribution in [0.2, 0.25) is 0 Å². The molecule has 138 valence electrons. The third-order valence-electron chi connectivity index (χ3n) is 6.35. The molecule has 1 amide bonds. The number of piperidine rings is 1. The Balaban J connectivity index is 0.00000182. The van der Waals surface area contributed by atoms with E-state index in [1.54, 1.807) is 0 Å². The lowest BCUT2D eigenvalue weighted by atomic mass is 9.98. The molecule has 5 heteroatoms. The second kappa shape index (κ2) is 8.07. The van der Waals surface area contributed by atoms with E-state index in [4.69, 9.17) is 5.73 Å². The van der Waals surface area contributed by atoms with Crippen LogP contribution in [0, 0.1) is 11.8 Å². The lowest BCUT2D eigenvalue weighted by Crippen LogP contribution is -2.50. The van der Waals surface area contributed by atoms with Gasteiger partial charge in [0, 0.05) is 25.7 Å². The fourth-order valence-corrected chi connectivity index (χ4v) is 4.98. The van der Waals surface area contributed by atoms with E-state index < -0.39 is 0 Å². The van der Waals surface area contributed by atoms with Crippen molar-refractivity contribution in [3.05, 3.63) is 35.9 Å². The van der Waals surface area contributed by atoms with Crippen molar-refractivity contribution in [3.8, 4) is 0 Å². The molecule has 1 aliphatic carbocycles. The Kier molecular flexibility index (Phi) is 6.03. The van der Waals surface area contributed by atoms with E-state index in [2.05, 4.69) is 40.1 Å². The van der Waals surface area contributed by atoms with Gasteiger partial charge in [0.25, 0.3) is 0 Å². The summed E-state index contributed by atoms with van der Waals surface area (Å²) in [6.07, 6.45) is 5.72. The number of amides is 1. The van der Waals surface area contributed by atoms with Crippen molar-refractivity contribution in [2.24, 2.45) is 17.6 Å². The Morgan fingerprint density at radius 2 is 1.88 bits per heavy atom. The van der Waals surface area contributed by atoms with E-state index >= 15 is 0 Å². The molecule has 4 nitrogen and oxygen atoms in total. The predicted molar refractivity (Wildman–Crippen MR) is 103 cm³/mol. The summed E-state index contributed by atoms with van der Waals surface area (Å²) in [5, 5.41) is 0. The van der Waals surface area contributed by atoms with Gasteiger partial charge in [0.1, 0.15) is 0 Å². The molecule has 1 saturated carbocycles. The molecule has 1 aromatic carbocycles. The SMILES string of the molecule is Cl.NC1CCC2CN(C(=O)C3CCCCN3Cc3ccccc3)CC12. The number of carbonyl (C=O) groups is 1. The fraction of sp³-hybridized carbons (Fsp3) is 0.650. The van der Waals surface area contributed by atoms with Crippen molar-refractivity contribution >= 4 is 18.3 Å². The Hall–Kier alpha value is -1.10. The minimum atomic E-state index is 0. The van der Waals surface area contributed by atoms with Crippen LogP contribution in [0.3, 0.4) is 0 Å². The third kappa shape index (κ3) is 3.86. The normalized spacial score (nSPS) is 32.3. The van der Waals surface area contributed by atoms with Gasteiger partial charge >= 0.3 is 0 Å². The van der Waals surface area contributed by atoms with E-state index in [0.29, 0.717) is 23.8 Å². The Bertz CT molecular complexity index is 582. The first-order chi connectivity index (χ1) is 11.7. The fourth-order valence-electron chi connectivity index (χ4n) is 4.98. The number of hydrogen-bond donors (Lipinski definition) is 1. The Morgan fingerprint density at radius 3 is 2.64 bits per heavy atom. The molecule has 2 N–H and O–H groups in total. The van der Waals surface area contributed by atoms with Gasteiger partial charge in [0.05, 0.1) is 6.04 Å². The quantitative estimate of drug-likeness (QED) is 0.898. The van der Waals surface area contributed by atoms with Crippen LogP contribution in [-0.4, -0.2) is 47.4 Å². The first kappa shape index (κ1) is 18.7. The predicted octanol–water partition coefficient (Wildman–Crippen LogP) is 2.66. The topological polar surface area (TPSA) is 49.6 Å². The first-order valence-electron chi connectivity index (χ1n) is 9.54. The van der Waals surface area contributed by atoms with Crippen LogP contribution >= 0.6 is 12.4 Å². The average molecular weight is 364 g/mol. The lowest BCUT2D eigenvalue weighted by Gasteiger charge is -2.37. The molecule has 3 aliphatic rings. The van der Waals surface area contributed by atoms with Gasteiger partial charge < -0.3 is 10.6 Å². The summed E-state index contributed by atoms with van der Waals surface area (Å²) in [7, 11) is 0. The van der Waals surface area contributed by atoms with Crippen molar-refractivity contribution in [1.82, 2.24) is 9.80 Å². The Labute approximate surface area is 157 Å². The van der Waals surface area contributed by atoms with Gasteiger partial charge in [-0.15, -0.1) is 12.4 Å². The van der Waals surface area contributed by atoms with Gasteiger partial charge in [-0.1, -0.05) is 36.8 Å². The zero-order valence-corrected chi connectivity index (χ0v) is 15.7. The van der Waals surface area contributed by atoms with Gasteiger partial charge in [-0.05, 0) is 49.6 Å². The molecule has 0 aromatic heterocycles. The minimum absolute atomic E-state index is 0. The number of nitrogens with zero attached hydrogens (tertiary/aromatic N) is 2. The number of fused-ring (bicyclic) bond motifs is 1. The molecule has 0 bridgehead atoms. The second-order valence-corrected chi connectivity index (χ2v) is 7.88. The van der Waals surface area contributed by atoms with Crippen molar-refractivity contribution in [3.63, 3.8) is 0 Å². The summed E-state index contributed by atoms with van der Waals surface area (Å²) in [4.78, 5) is 17.7. The van der Waals surface area contributed by atoms with Gasteiger partial charge in [-0.3, -0.25) is 9.69 Å².